The first-order chi connectivity index (χ1) is 13.8. The lowest BCUT2D eigenvalue weighted by molar-refractivity contribution is -0.130. The van der Waals surface area contributed by atoms with Crippen molar-refractivity contribution >= 4 is 5.91 Å². The predicted molar refractivity (Wildman–Crippen MR) is 110 cm³/mol. The fourth-order valence-electron chi connectivity index (χ4n) is 3.85. The largest absolute Gasteiger partial charge is 0.342 e. The maximum Gasteiger partial charge on any atom is 0.222 e. The van der Waals surface area contributed by atoms with Crippen molar-refractivity contribution in [2.24, 2.45) is 5.92 Å². The molecule has 1 aliphatic heterocycles. The lowest BCUT2D eigenvalue weighted by atomic mass is 10.0. The Morgan fingerprint density at radius 1 is 1.07 bits per heavy atom. The zero-order valence-electron chi connectivity index (χ0n) is 16.1. The first kappa shape index (κ1) is 18.4. The molecule has 1 aliphatic rings. The van der Waals surface area contributed by atoms with E-state index in [1.807, 2.05) is 41.3 Å². The van der Waals surface area contributed by atoms with Crippen LogP contribution in [0.25, 0.3) is 11.4 Å². The third-order valence-corrected chi connectivity index (χ3v) is 5.38. The summed E-state index contributed by atoms with van der Waals surface area (Å²) in [5.74, 6) is 2.38. The van der Waals surface area contributed by atoms with Crippen molar-refractivity contribution in [3.8, 4) is 11.4 Å². The van der Waals surface area contributed by atoms with Gasteiger partial charge >= 0.3 is 0 Å². The number of nitrogens with zero attached hydrogens (tertiary/aromatic N) is 3. The van der Waals surface area contributed by atoms with E-state index in [4.69, 9.17) is 0 Å². The number of H-pyrrole nitrogens is 1. The van der Waals surface area contributed by atoms with Crippen LogP contribution >= 0.6 is 0 Å². The van der Waals surface area contributed by atoms with Gasteiger partial charge in [-0.1, -0.05) is 60.7 Å². The third kappa shape index (κ3) is 4.66. The van der Waals surface area contributed by atoms with E-state index in [-0.39, 0.29) is 5.91 Å². The Hall–Kier alpha value is -2.95. The maximum absolute atomic E-state index is 12.5. The molecule has 0 radical (unpaired) electrons. The van der Waals surface area contributed by atoms with Crippen LogP contribution in [0.2, 0.25) is 0 Å². The molecule has 3 aromatic rings. The molecule has 1 atom stereocenters. The first-order valence-corrected chi connectivity index (χ1v) is 10.1. The molecule has 1 aromatic heterocycles. The summed E-state index contributed by atoms with van der Waals surface area (Å²) in [6.45, 7) is 1.68. The summed E-state index contributed by atoms with van der Waals surface area (Å²) in [4.78, 5) is 19.2. The highest BCUT2D eigenvalue weighted by molar-refractivity contribution is 5.76. The molecule has 0 saturated carbocycles. The number of likely N-dealkylation sites (tertiary alicyclic amines) is 1. The van der Waals surface area contributed by atoms with Crippen molar-refractivity contribution in [1.82, 2.24) is 20.1 Å². The fraction of sp³-hybridized carbons (Fsp3) is 0.348. The molecule has 1 amide bonds. The van der Waals surface area contributed by atoms with E-state index in [1.54, 1.807) is 0 Å². The van der Waals surface area contributed by atoms with Crippen LogP contribution in [-0.2, 0) is 17.6 Å². The molecule has 1 unspecified atom stereocenters. The highest BCUT2D eigenvalue weighted by atomic mass is 16.2. The molecule has 5 heteroatoms. The minimum Gasteiger partial charge on any atom is -0.342 e. The van der Waals surface area contributed by atoms with Gasteiger partial charge in [0, 0.05) is 31.5 Å². The van der Waals surface area contributed by atoms with Crippen LogP contribution in [0.15, 0.2) is 60.7 Å². The number of amides is 1. The summed E-state index contributed by atoms with van der Waals surface area (Å²) in [5, 5.41) is 7.40. The SMILES string of the molecule is O=C(CCCc1ccccc1)N1CCC(Cc2nc(-c3ccccc3)n[nH]2)C1. The Bertz CT molecular complexity index is 891. The first-order valence-electron chi connectivity index (χ1n) is 10.1. The summed E-state index contributed by atoms with van der Waals surface area (Å²) in [6.07, 6.45) is 4.37. The molecule has 2 heterocycles. The van der Waals surface area contributed by atoms with Crippen molar-refractivity contribution in [2.75, 3.05) is 13.1 Å². The lowest BCUT2D eigenvalue weighted by Gasteiger charge is -2.16. The van der Waals surface area contributed by atoms with E-state index >= 15 is 0 Å². The summed E-state index contributed by atoms with van der Waals surface area (Å²) in [6, 6.07) is 20.4. The number of nitrogens with one attached hydrogen (secondary N) is 1. The zero-order chi connectivity index (χ0) is 19.2. The molecule has 0 bridgehead atoms. The molecule has 1 N–H and O–H groups in total. The van der Waals surface area contributed by atoms with Gasteiger partial charge < -0.3 is 4.90 Å². The van der Waals surface area contributed by atoms with E-state index in [1.165, 1.54) is 5.56 Å². The van der Waals surface area contributed by atoms with Crippen molar-refractivity contribution in [1.29, 1.82) is 0 Å². The number of aromatic amines is 1. The molecule has 0 spiro atoms. The quantitative estimate of drug-likeness (QED) is 0.682. The monoisotopic (exact) mass is 374 g/mol. The van der Waals surface area contributed by atoms with Gasteiger partial charge in [-0.25, -0.2) is 4.98 Å². The van der Waals surface area contributed by atoms with Crippen molar-refractivity contribution in [3.63, 3.8) is 0 Å². The average Bonchev–Trinajstić information content (AvgIpc) is 3.40. The minimum absolute atomic E-state index is 0.279. The third-order valence-electron chi connectivity index (χ3n) is 5.38. The van der Waals surface area contributed by atoms with Crippen LogP contribution in [0, 0.1) is 5.92 Å². The van der Waals surface area contributed by atoms with E-state index in [2.05, 4.69) is 39.4 Å². The van der Waals surface area contributed by atoms with E-state index in [0.29, 0.717) is 12.3 Å². The number of carbonyl (C=O) groups excluding carboxylic acids is 1. The lowest BCUT2D eigenvalue weighted by Crippen LogP contribution is -2.28. The van der Waals surface area contributed by atoms with Crippen LogP contribution in [0.1, 0.15) is 30.7 Å². The molecule has 0 aliphatic carbocycles. The van der Waals surface area contributed by atoms with Gasteiger partial charge in [0.15, 0.2) is 5.82 Å². The number of hydrogen-bond acceptors (Lipinski definition) is 3. The van der Waals surface area contributed by atoms with Crippen molar-refractivity contribution in [2.45, 2.75) is 32.1 Å². The molecule has 1 fully saturated rings. The molecule has 5 nitrogen and oxygen atoms in total. The molecular weight excluding hydrogens is 348 g/mol. The molecule has 2 aromatic carbocycles. The van der Waals surface area contributed by atoms with E-state index in [9.17, 15) is 4.79 Å². The number of benzene rings is 2. The van der Waals surface area contributed by atoms with Gasteiger partial charge in [0.25, 0.3) is 0 Å². The van der Waals surface area contributed by atoms with Crippen LogP contribution in [-0.4, -0.2) is 39.1 Å². The minimum atomic E-state index is 0.279. The Morgan fingerprint density at radius 2 is 1.82 bits per heavy atom. The van der Waals surface area contributed by atoms with Gasteiger partial charge in [-0.15, -0.1) is 0 Å². The summed E-state index contributed by atoms with van der Waals surface area (Å²) in [5.41, 5.74) is 2.32. The number of hydrogen-bond donors (Lipinski definition) is 1. The Labute approximate surface area is 165 Å². The van der Waals surface area contributed by atoms with E-state index < -0.39 is 0 Å². The number of rotatable bonds is 7. The zero-order valence-corrected chi connectivity index (χ0v) is 16.1. The number of aryl methyl sites for hydroxylation is 1. The Kier molecular flexibility index (Phi) is 5.80. The molecular formula is C23H26N4O. The highest BCUT2D eigenvalue weighted by Crippen LogP contribution is 2.22. The number of aromatic nitrogens is 3. The number of carbonyl (C=O) groups is 1. The normalized spacial score (nSPS) is 16.4. The van der Waals surface area contributed by atoms with Gasteiger partial charge in [-0.2, -0.15) is 5.10 Å². The van der Waals surface area contributed by atoms with Crippen molar-refractivity contribution < 1.29 is 4.79 Å². The topological polar surface area (TPSA) is 61.9 Å². The molecule has 28 heavy (non-hydrogen) atoms. The van der Waals surface area contributed by atoms with E-state index in [0.717, 1.165) is 56.0 Å². The molecule has 144 valence electrons. The highest BCUT2D eigenvalue weighted by Gasteiger charge is 2.26. The Balaban J connectivity index is 1.24. The Morgan fingerprint density at radius 3 is 2.61 bits per heavy atom. The summed E-state index contributed by atoms with van der Waals surface area (Å²) >= 11 is 0. The maximum atomic E-state index is 12.5. The smallest absolute Gasteiger partial charge is 0.222 e. The fourth-order valence-corrected chi connectivity index (χ4v) is 3.85. The van der Waals surface area contributed by atoms with Crippen molar-refractivity contribution in [3.05, 3.63) is 72.1 Å². The molecule has 1 saturated heterocycles. The summed E-state index contributed by atoms with van der Waals surface area (Å²) < 4.78 is 0. The average molecular weight is 374 g/mol. The van der Waals surface area contributed by atoms with Crippen LogP contribution in [0.3, 0.4) is 0 Å². The second-order valence-corrected chi connectivity index (χ2v) is 7.51. The predicted octanol–water partition coefficient (Wildman–Crippen LogP) is 3.89. The molecule has 4 rings (SSSR count). The van der Waals surface area contributed by atoms with Gasteiger partial charge in [-0.3, -0.25) is 9.89 Å². The second-order valence-electron chi connectivity index (χ2n) is 7.51. The van der Waals surface area contributed by atoms with Crippen LogP contribution in [0.5, 0.6) is 0 Å². The standard InChI is InChI=1S/C23H26N4O/c28-22(13-7-10-18-8-3-1-4-9-18)27-15-14-19(17-27)16-21-24-23(26-25-21)20-11-5-2-6-12-20/h1-6,8-9,11-12,19H,7,10,13-17H2,(H,24,25,26). The van der Waals surface area contributed by atoms with Crippen LogP contribution < -0.4 is 0 Å². The summed E-state index contributed by atoms with van der Waals surface area (Å²) in [7, 11) is 0. The van der Waals surface area contributed by atoms with Gasteiger partial charge in [0.2, 0.25) is 5.91 Å². The van der Waals surface area contributed by atoms with Gasteiger partial charge in [-0.05, 0) is 30.7 Å². The van der Waals surface area contributed by atoms with Crippen LogP contribution in [0.4, 0.5) is 0 Å². The van der Waals surface area contributed by atoms with Gasteiger partial charge in [0.1, 0.15) is 5.82 Å². The van der Waals surface area contributed by atoms with Gasteiger partial charge in [0.05, 0.1) is 0 Å². The second kappa shape index (κ2) is 8.83.